The van der Waals surface area contributed by atoms with E-state index in [-0.39, 0.29) is 11.7 Å². The summed E-state index contributed by atoms with van der Waals surface area (Å²) >= 11 is 0. The minimum Gasteiger partial charge on any atom is -0.497 e. The van der Waals surface area contributed by atoms with Gasteiger partial charge in [-0.25, -0.2) is 4.39 Å². The topological polar surface area (TPSA) is 69.2 Å². The molecule has 1 amide bonds. The van der Waals surface area contributed by atoms with Crippen LogP contribution in [0.4, 0.5) is 10.1 Å². The Hall–Kier alpha value is -3.29. The number of methoxy groups -OCH3 is 1. The van der Waals surface area contributed by atoms with Crippen LogP contribution in [-0.2, 0) is 0 Å². The van der Waals surface area contributed by atoms with Gasteiger partial charge in [0.15, 0.2) is 5.96 Å². The number of guanidine groups is 1. The van der Waals surface area contributed by atoms with E-state index >= 15 is 0 Å². The first-order valence-electron chi connectivity index (χ1n) is 9.99. The van der Waals surface area contributed by atoms with Gasteiger partial charge in [0.05, 0.1) is 7.11 Å². The fourth-order valence-corrected chi connectivity index (χ4v) is 3.38. The van der Waals surface area contributed by atoms with Crippen LogP contribution in [0.1, 0.15) is 10.4 Å². The fourth-order valence-electron chi connectivity index (χ4n) is 3.38. The second-order valence-electron chi connectivity index (χ2n) is 6.91. The van der Waals surface area contributed by atoms with E-state index in [4.69, 9.17) is 4.74 Å². The van der Waals surface area contributed by atoms with Gasteiger partial charge >= 0.3 is 0 Å². The van der Waals surface area contributed by atoms with E-state index in [0.29, 0.717) is 24.4 Å². The van der Waals surface area contributed by atoms with Crippen LogP contribution in [-0.4, -0.2) is 70.2 Å². The number of halogens is 1. The number of carbonyl (C=O) groups is 1. The van der Waals surface area contributed by atoms with Crippen LogP contribution in [0, 0.1) is 5.82 Å². The number of anilines is 1. The van der Waals surface area contributed by atoms with Crippen LogP contribution in [0.2, 0.25) is 0 Å². The van der Waals surface area contributed by atoms with Gasteiger partial charge in [-0.05, 0) is 42.5 Å². The number of piperazine rings is 1. The average Bonchev–Trinajstić information content (AvgIpc) is 2.80. The number of nitrogens with zero attached hydrogens (tertiary/aromatic N) is 3. The van der Waals surface area contributed by atoms with E-state index in [0.717, 1.165) is 37.8 Å². The summed E-state index contributed by atoms with van der Waals surface area (Å²) in [6.45, 7) is 4.34. The molecule has 1 heterocycles. The molecule has 0 radical (unpaired) electrons. The van der Waals surface area contributed by atoms with Crippen LogP contribution in [0.5, 0.6) is 5.75 Å². The number of ether oxygens (including phenoxy) is 1. The summed E-state index contributed by atoms with van der Waals surface area (Å²) in [5, 5.41) is 6.20. The van der Waals surface area contributed by atoms with Crippen molar-refractivity contribution in [1.82, 2.24) is 15.5 Å². The van der Waals surface area contributed by atoms with Gasteiger partial charge in [-0.1, -0.05) is 6.07 Å². The Morgan fingerprint density at radius 1 is 1.07 bits per heavy atom. The molecule has 0 unspecified atom stereocenters. The molecule has 0 bridgehead atoms. The molecule has 0 aromatic heterocycles. The van der Waals surface area contributed by atoms with E-state index in [9.17, 15) is 9.18 Å². The second-order valence-corrected chi connectivity index (χ2v) is 6.91. The highest BCUT2D eigenvalue weighted by atomic mass is 19.1. The van der Waals surface area contributed by atoms with Gasteiger partial charge in [-0.3, -0.25) is 9.79 Å². The number of amides is 1. The number of hydrogen-bond donors (Lipinski definition) is 2. The van der Waals surface area contributed by atoms with E-state index in [1.165, 1.54) is 12.1 Å². The van der Waals surface area contributed by atoms with Crippen molar-refractivity contribution in [1.29, 1.82) is 0 Å². The van der Waals surface area contributed by atoms with Crippen LogP contribution >= 0.6 is 0 Å². The van der Waals surface area contributed by atoms with Crippen molar-refractivity contribution in [3.8, 4) is 5.75 Å². The molecule has 30 heavy (non-hydrogen) atoms. The molecular formula is C22H28FN5O2. The molecule has 0 atom stereocenters. The Labute approximate surface area is 176 Å². The fraction of sp³-hybridized carbons (Fsp3) is 0.364. The van der Waals surface area contributed by atoms with Crippen molar-refractivity contribution in [2.24, 2.45) is 4.99 Å². The van der Waals surface area contributed by atoms with Gasteiger partial charge in [0, 0.05) is 57.6 Å². The Morgan fingerprint density at radius 2 is 1.77 bits per heavy atom. The van der Waals surface area contributed by atoms with Crippen LogP contribution < -0.4 is 20.3 Å². The summed E-state index contributed by atoms with van der Waals surface area (Å²) < 4.78 is 18.3. The maximum absolute atomic E-state index is 13.1. The highest BCUT2D eigenvalue weighted by Gasteiger charge is 2.19. The molecule has 8 heteroatoms. The lowest BCUT2D eigenvalue weighted by molar-refractivity contribution is 0.0954. The van der Waals surface area contributed by atoms with E-state index < -0.39 is 0 Å². The van der Waals surface area contributed by atoms with E-state index in [2.05, 4.69) is 25.4 Å². The van der Waals surface area contributed by atoms with E-state index in [1.807, 2.05) is 12.1 Å². The summed E-state index contributed by atoms with van der Waals surface area (Å²) in [7, 11) is 3.33. The quantitative estimate of drug-likeness (QED) is 0.431. The normalized spacial score (nSPS) is 14.4. The third-order valence-corrected chi connectivity index (χ3v) is 5.01. The summed E-state index contributed by atoms with van der Waals surface area (Å²) in [5.74, 6) is 1.10. The lowest BCUT2D eigenvalue weighted by atomic mass is 10.2. The van der Waals surface area contributed by atoms with Crippen molar-refractivity contribution < 1.29 is 13.9 Å². The van der Waals surface area contributed by atoms with Crippen molar-refractivity contribution in [3.05, 3.63) is 59.9 Å². The average molecular weight is 413 g/mol. The molecule has 2 aromatic rings. The number of hydrogen-bond acceptors (Lipinski definition) is 4. The maximum atomic E-state index is 13.1. The minimum absolute atomic E-state index is 0.140. The molecule has 1 fully saturated rings. The smallest absolute Gasteiger partial charge is 0.251 e. The molecule has 160 valence electrons. The molecule has 3 rings (SSSR count). The van der Waals surface area contributed by atoms with Gasteiger partial charge < -0.3 is 25.2 Å². The highest BCUT2D eigenvalue weighted by Crippen LogP contribution is 2.17. The van der Waals surface area contributed by atoms with Gasteiger partial charge in [-0.2, -0.15) is 0 Å². The third-order valence-electron chi connectivity index (χ3n) is 5.01. The Morgan fingerprint density at radius 3 is 2.43 bits per heavy atom. The van der Waals surface area contributed by atoms with Crippen LogP contribution in [0.25, 0.3) is 0 Å². The first-order valence-corrected chi connectivity index (χ1v) is 9.99. The second kappa shape index (κ2) is 10.5. The van der Waals surface area contributed by atoms with Crippen LogP contribution in [0.15, 0.2) is 53.5 Å². The number of aliphatic imine (C=N–C) groups is 1. The van der Waals surface area contributed by atoms with Crippen molar-refractivity contribution in [2.45, 2.75) is 0 Å². The molecule has 7 nitrogen and oxygen atoms in total. The Bertz CT molecular complexity index is 864. The number of nitrogens with one attached hydrogen (secondary N) is 2. The highest BCUT2D eigenvalue weighted by molar-refractivity contribution is 5.94. The summed E-state index contributed by atoms with van der Waals surface area (Å²) in [5.41, 5.74) is 1.59. The van der Waals surface area contributed by atoms with Crippen molar-refractivity contribution in [3.63, 3.8) is 0 Å². The number of rotatable bonds is 6. The lowest BCUT2D eigenvalue weighted by Gasteiger charge is -2.37. The molecule has 0 aliphatic carbocycles. The predicted octanol–water partition coefficient (Wildman–Crippen LogP) is 1.96. The number of carbonyl (C=O) groups excluding carboxylic acids is 1. The molecule has 0 spiro atoms. The molecule has 1 aliphatic heterocycles. The van der Waals surface area contributed by atoms with Gasteiger partial charge in [0.25, 0.3) is 5.91 Å². The predicted molar refractivity (Wildman–Crippen MR) is 117 cm³/mol. The largest absolute Gasteiger partial charge is 0.497 e. The van der Waals surface area contributed by atoms with Crippen molar-refractivity contribution in [2.75, 3.05) is 58.3 Å². The van der Waals surface area contributed by atoms with Gasteiger partial charge in [0.1, 0.15) is 11.6 Å². The Kier molecular flexibility index (Phi) is 7.48. The van der Waals surface area contributed by atoms with E-state index in [1.54, 1.807) is 38.4 Å². The number of benzene rings is 2. The van der Waals surface area contributed by atoms with Crippen LogP contribution in [0.3, 0.4) is 0 Å². The summed E-state index contributed by atoms with van der Waals surface area (Å²) in [6.07, 6.45) is 0. The third kappa shape index (κ3) is 5.62. The molecule has 1 saturated heterocycles. The molecule has 2 aromatic carbocycles. The first-order chi connectivity index (χ1) is 14.6. The Balaban J connectivity index is 1.41. The minimum atomic E-state index is -0.222. The maximum Gasteiger partial charge on any atom is 0.251 e. The SMILES string of the molecule is CN=C(NCCNC(=O)c1cccc(OC)c1)N1CCN(c2ccc(F)cc2)CC1. The lowest BCUT2D eigenvalue weighted by Crippen LogP contribution is -2.53. The monoisotopic (exact) mass is 413 g/mol. The standard InChI is InChI=1S/C22H28FN5O2/c1-24-22(26-11-10-25-21(29)17-4-3-5-20(16-17)30-2)28-14-12-27(13-15-28)19-8-6-18(23)7-9-19/h3-9,16H,10-15H2,1-2H3,(H,24,26)(H,25,29). The molecule has 2 N–H and O–H groups in total. The zero-order valence-corrected chi connectivity index (χ0v) is 17.4. The summed E-state index contributed by atoms with van der Waals surface area (Å²) in [6, 6.07) is 13.7. The van der Waals surface area contributed by atoms with Gasteiger partial charge in [-0.15, -0.1) is 0 Å². The zero-order valence-electron chi connectivity index (χ0n) is 17.4. The first kappa shape index (κ1) is 21.4. The van der Waals surface area contributed by atoms with Crippen molar-refractivity contribution >= 4 is 17.6 Å². The molecule has 0 saturated carbocycles. The zero-order chi connectivity index (χ0) is 21.3. The summed E-state index contributed by atoms with van der Waals surface area (Å²) in [4.78, 5) is 21.0. The molecule has 1 aliphatic rings. The van der Waals surface area contributed by atoms with Gasteiger partial charge in [0.2, 0.25) is 0 Å². The molecular weight excluding hydrogens is 385 g/mol.